The molecular weight excluding hydrogens is 322 g/mol. The molecule has 1 saturated carbocycles. The summed E-state index contributed by atoms with van der Waals surface area (Å²) in [5.74, 6) is -0.180. The van der Waals surface area contributed by atoms with E-state index in [4.69, 9.17) is 4.74 Å². The molecule has 1 aromatic rings. The molecule has 2 fully saturated rings. The number of para-hydroxylation sites is 1. The molecule has 0 spiro atoms. The fourth-order valence-corrected chi connectivity index (χ4v) is 4.88. The van der Waals surface area contributed by atoms with Crippen LogP contribution in [0.2, 0.25) is 0 Å². The maximum atomic E-state index is 11.7. The van der Waals surface area contributed by atoms with Crippen LogP contribution in [0.1, 0.15) is 51.4 Å². The third kappa shape index (κ3) is 4.67. The Labute approximate surface area is 148 Å². The van der Waals surface area contributed by atoms with Crippen molar-refractivity contribution in [2.45, 2.75) is 67.7 Å². The van der Waals surface area contributed by atoms with Crippen LogP contribution in [0.5, 0.6) is 5.75 Å². The molecule has 24 heavy (non-hydrogen) atoms. The SMILES string of the molecule is O=C(O)C(Oc1ccccc1SC1CCCCC1)N1CCCCC1. The molecule has 1 saturated heterocycles. The highest BCUT2D eigenvalue weighted by molar-refractivity contribution is 8.00. The van der Waals surface area contributed by atoms with E-state index in [0.717, 1.165) is 30.8 Å². The smallest absolute Gasteiger partial charge is 0.360 e. The predicted octanol–water partition coefficient (Wildman–Crippen LogP) is 4.39. The first-order valence-corrected chi connectivity index (χ1v) is 10.0. The van der Waals surface area contributed by atoms with Gasteiger partial charge in [-0.15, -0.1) is 11.8 Å². The third-order valence-corrected chi connectivity index (χ3v) is 6.26. The Morgan fingerprint density at radius 2 is 1.75 bits per heavy atom. The van der Waals surface area contributed by atoms with Crippen molar-refractivity contribution in [3.63, 3.8) is 0 Å². The summed E-state index contributed by atoms with van der Waals surface area (Å²) in [4.78, 5) is 14.8. The fourth-order valence-electron chi connectivity index (χ4n) is 3.56. The number of hydrogen-bond donors (Lipinski definition) is 1. The van der Waals surface area contributed by atoms with Gasteiger partial charge in [-0.25, -0.2) is 4.79 Å². The van der Waals surface area contributed by atoms with Crippen molar-refractivity contribution in [2.24, 2.45) is 0 Å². The second kappa shape index (κ2) is 8.77. The van der Waals surface area contributed by atoms with Crippen molar-refractivity contribution in [3.05, 3.63) is 24.3 Å². The summed E-state index contributed by atoms with van der Waals surface area (Å²) in [5.41, 5.74) is 0. The van der Waals surface area contributed by atoms with E-state index in [1.807, 2.05) is 34.9 Å². The Hall–Kier alpha value is -1.20. The number of piperidine rings is 1. The van der Waals surface area contributed by atoms with E-state index in [1.165, 1.54) is 38.5 Å². The van der Waals surface area contributed by atoms with Crippen LogP contribution in [0, 0.1) is 0 Å². The van der Waals surface area contributed by atoms with E-state index in [1.54, 1.807) is 0 Å². The van der Waals surface area contributed by atoms with Crippen molar-refractivity contribution >= 4 is 17.7 Å². The molecule has 2 aliphatic rings. The van der Waals surface area contributed by atoms with E-state index in [-0.39, 0.29) is 0 Å². The van der Waals surface area contributed by atoms with Crippen molar-refractivity contribution in [1.82, 2.24) is 4.90 Å². The zero-order chi connectivity index (χ0) is 16.8. The molecule has 1 unspecified atom stereocenters. The summed E-state index contributed by atoms with van der Waals surface area (Å²) in [5, 5.41) is 10.3. The first-order valence-electron chi connectivity index (χ1n) is 9.13. The van der Waals surface area contributed by atoms with Crippen LogP contribution in [0.3, 0.4) is 0 Å². The number of hydrogen-bond acceptors (Lipinski definition) is 4. The zero-order valence-electron chi connectivity index (χ0n) is 14.2. The monoisotopic (exact) mass is 349 g/mol. The third-order valence-electron chi connectivity index (χ3n) is 4.87. The Morgan fingerprint density at radius 3 is 2.46 bits per heavy atom. The van der Waals surface area contributed by atoms with Gasteiger partial charge in [0.1, 0.15) is 5.75 Å². The standard InChI is InChI=1S/C19H27NO3S/c21-19(22)18(20-13-7-2-8-14-20)23-16-11-5-6-12-17(16)24-15-9-3-1-4-10-15/h5-6,11-12,15,18H,1-4,7-10,13-14H2,(H,21,22). The van der Waals surface area contributed by atoms with Crippen LogP contribution in [-0.2, 0) is 4.79 Å². The zero-order valence-corrected chi connectivity index (χ0v) is 15.0. The minimum atomic E-state index is -0.894. The van der Waals surface area contributed by atoms with Crippen LogP contribution in [0.4, 0.5) is 0 Å². The maximum Gasteiger partial charge on any atom is 0.360 e. The number of benzene rings is 1. The minimum Gasteiger partial charge on any atom is -0.477 e. The van der Waals surface area contributed by atoms with E-state index < -0.39 is 12.2 Å². The van der Waals surface area contributed by atoms with E-state index >= 15 is 0 Å². The molecule has 1 aliphatic carbocycles. The van der Waals surface area contributed by atoms with Gasteiger partial charge in [0, 0.05) is 23.2 Å². The van der Waals surface area contributed by atoms with Gasteiger partial charge in [-0.2, -0.15) is 0 Å². The molecule has 1 atom stereocenters. The van der Waals surface area contributed by atoms with Crippen LogP contribution < -0.4 is 4.74 Å². The molecule has 1 aromatic carbocycles. The summed E-state index contributed by atoms with van der Waals surface area (Å²) in [6, 6.07) is 7.90. The van der Waals surface area contributed by atoms with Crippen molar-refractivity contribution in [3.8, 4) is 5.75 Å². The van der Waals surface area contributed by atoms with Gasteiger partial charge in [0.25, 0.3) is 6.23 Å². The first-order chi connectivity index (χ1) is 11.7. The molecule has 3 rings (SSSR count). The van der Waals surface area contributed by atoms with Gasteiger partial charge in [-0.3, -0.25) is 4.90 Å². The summed E-state index contributed by atoms with van der Waals surface area (Å²) in [7, 11) is 0. The number of nitrogens with zero attached hydrogens (tertiary/aromatic N) is 1. The lowest BCUT2D eigenvalue weighted by Crippen LogP contribution is -2.47. The molecule has 4 nitrogen and oxygen atoms in total. The van der Waals surface area contributed by atoms with Gasteiger partial charge in [0.2, 0.25) is 0 Å². The first kappa shape index (κ1) is 17.6. The number of carboxylic acids is 1. The Bertz CT molecular complexity index is 539. The highest BCUT2D eigenvalue weighted by Crippen LogP contribution is 2.38. The number of carbonyl (C=O) groups is 1. The molecule has 0 aromatic heterocycles. The number of thioether (sulfide) groups is 1. The van der Waals surface area contributed by atoms with Crippen LogP contribution in [0.25, 0.3) is 0 Å². The van der Waals surface area contributed by atoms with E-state index in [2.05, 4.69) is 6.07 Å². The molecule has 1 N–H and O–H groups in total. The summed E-state index contributed by atoms with van der Waals surface area (Å²) < 4.78 is 5.99. The highest BCUT2D eigenvalue weighted by Gasteiger charge is 2.29. The lowest BCUT2D eigenvalue weighted by atomic mass is 10.0. The molecule has 1 aliphatic heterocycles. The Kier molecular flexibility index (Phi) is 6.44. The average molecular weight is 349 g/mol. The number of aliphatic carboxylic acids is 1. The second-order valence-corrected chi connectivity index (χ2v) is 8.07. The van der Waals surface area contributed by atoms with Crippen molar-refractivity contribution in [2.75, 3.05) is 13.1 Å². The maximum absolute atomic E-state index is 11.7. The Balaban J connectivity index is 1.71. The van der Waals surface area contributed by atoms with E-state index in [9.17, 15) is 9.90 Å². The van der Waals surface area contributed by atoms with Crippen molar-refractivity contribution in [1.29, 1.82) is 0 Å². The van der Waals surface area contributed by atoms with Gasteiger partial charge in [-0.05, 0) is 37.8 Å². The summed E-state index contributed by atoms with van der Waals surface area (Å²) >= 11 is 1.86. The highest BCUT2D eigenvalue weighted by atomic mass is 32.2. The summed E-state index contributed by atoms with van der Waals surface area (Å²) in [6.07, 6.45) is 8.82. The van der Waals surface area contributed by atoms with Gasteiger partial charge >= 0.3 is 5.97 Å². The van der Waals surface area contributed by atoms with Gasteiger partial charge in [-0.1, -0.05) is 37.8 Å². The lowest BCUT2D eigenvalue weighted by molar-refractivity contribution is -0.155. The Morgan fingerprint density at radius 1 is 1.08 bits per heavy atom. The number of ether oxygens (including phenoxy) is 1. The topological polar surface area (TPSA) is 49.8 Å². The largest absolute Gasteiger partial charge is 0.477 e. The number of carboxylic acid groups (broad SMARTS) is 1. The number of rotatable bonds is 6. The number of likely N-dealkylation sites (tertiary alicyclic amines) is 1. The van der Waals surface area contributed by atoms with Crippen molar-refractivity contribution < 1.29 is 14.6 Å². The minimum absolute atomic E-state index is 0.627. The molecule has 5 heteroatoms. The van der Waals surface area contributed by atoms with Gasteiger partial charge < -0.3 is 9.84 Å². The molecule has 132 valence electrons. The van der Waals surface area contributed by atoms with Gasteiger partial charge in [0.05, 0.1) is 0 Å². The molecule has 0 amide bonds. The summed E-state index contributed by atoms with van der Waals surface area (Å²) in [6.45, 7) is 1.60. The molecular formula is C19H27NO3S. The second-order valence-electron chi connectivity index (χ2n) is 6.73. The van der Waals surface area contributed by atoms with E-state index in [0.29, 0.717) is 11.0 Å². The average Bonchev–Trinajstić information content (AvgIpc) is 2.62. The molecule has 0 bridgehead atoms. The fraction of sp³-hybridized carbons (Fsp3) is 0.632. The molecule has 0 radical (unpaired) electrons. The predicted molar refractivity (Wildman–Crippen MR) is 96.6 cm³/mol. The van der Waals surface area contributed by atoms with Crippen LogP contribution in [-0.4, -0.2) is 40.5 Å². The van der Waals surface area contributed by atoms with Gasteiger partial charge in [0.15, 0.2) is 0 Å². The molecule has 1 heterocycles. The normalized spacial score (nSPS) is 21.3. The van der Waals surface area contributed by atoms with Crippen LogP contribution >= 0.6 is 11.8 Å². The van der Waals surface area contributed by atoms with Crippen LogP contribution in [0.15, 0.2) is 29.2 Å². The lowest BCUT2D eigenvalue weighted by Gasteiger charge is -2.32. The quantitative estimate of drug-likeness (QED) is 0.825.